The summed E-state index contributed by atoms with van der Waals surface area (Å²) in [6.07, 6.45) is 2.81. The first-order valence-electron chi connectivity index (χ1n) is 5.29. The van der Waals surface area contributed by atoms with Crippen molar-refractivity contribution < 1.29 is 0 Å². The molecule has 70 valence electrons. The average Bonchev–Trinajstić information content (AvgIpc) is 2.86. The van der Waals surface area contributed by atoms with Crippen LogP contribution in [0.1, 0.15) is 55.2 Å². The van der Waals surface area contributed by atoms with Crippen LogP contribution in [0.5, 0.6) is 0 Å². The molecule has 0 nitrogen and oxygen atoms in total. The van der Waals surface area contributed by atoms with E-state index < -0.39 is 0 Å². The highest BCUT2D eigenvalue weighted by molar-refractivity contribution is 5.41. The second-order valence-electron chi connectivity index (χ2n) is 4.51. The molecule has 0 spiro atoms. The van der Waals surface area contributed by atoms with Gasteiger partial charge in [0.2, 0.25) is 0 Å². The maximum atomic E-state index is 2.30. The van der Waals surface area contributed by atoms with E-state index in [1.807, 2.05) is 0 Å². The van der Waals surface area contributed by atoms with E-state index in [4.69, 9.17) is 0 Å². The molecule has 0 aliphatic heterocycles. The molecule has 0 heteroatoms. The normalized spacial score (nSPS) is 16.6. The van der Waals surface area contributed by atoms with E-state index in [1.54, 1.807) is 11.1 Å². The van der Waals surface area contributed by atoms with Crippen LogP contribution in [0, 0.1) is 6.92 Å². The summed E-state index contributed by atoms with van der Waals surface area (Å²) in [7, 11) is 0. The molecule has 2 rings (SSSR count). The van der Waals surface area contributed by atoms with Gasteiger partial charge in [-0.05, 0) is 48.3 Å². The molecule has 0 atom stereocenters. The predicted molar refractivity (Wildman–Crippen MR) is 57.2 cm³/mol. The second kappa shape index (κ2) is 3.17. The minimum atomic E-state index is 0.676. The highest BCUT2D eigenvalue weighted by Crippen LogP contribution is 2.44. The van der Waals surface area contributed by atoms with E-state index in [1.165, 1.54) is 18.4 Å². The Labute approximate surface area is 81.0 Å². The molecule has 1 aromatic rings. The van der Waals surface area contributed by atoms with Gasteiger partial charge < -0.3 is 0 Å². The summed E-state index contributed by atoms with van der Waals surface area (Å²) in [6, 6.07) is 6.74. The second-order valence-corrected chi connectivity index (χ2v) is 4.51. The SMILES string of the molecule is Cc1cccc(C(C)C)c1C1CC1. The smallest absolute Gasteiger partial charge is 0.0156 e. The van der Waals surface area contributed by atoms with Gasteiger partial charge in [-0.15, -0.1) is 0 Å². The Morgan fingerprint density at radius 2 is 1.92 bits per heavy atom. The lowest BCUT2D eigenvalue weighted by atomic mass is 9.91. The third kappa shape index (κ3) is 1.63. The lowest BCUT2D eigenvalue weighted by molar-refractivity contribution is 0.837. The number of rotatable bonds is 2. The van der Waals surface area contributed by atoms with E-state index in [0.29, 0.717) is 5.92 Å². The Morgan fingerprint density at radius 1 is 1.23 bits per heavy atom. The van der Waals surface area contributed by atoms with Gasteiger partial charge in [0.25, 0.3) is 0 Å². The van der Waals surface area contributed by atoms with Crippen molar-refractivity contribution in [3.05, 3.63) is 34.9 Å². The van der Waals surface area contributed by atoms with Gasteiger partial charge in [-0.1, -0.05) is 32.0 Å². The fourth-order valence-electron chi connectivity index (χ4n) is 2.14. The van der Waals surface area contributed by atoms with Crippen molar-refractivity contribution in [1.82, 2.24) is 0 Å². The van der Waals surface area contributed by atoms with E-state index >= 15 is 0 Å². The first kappa shape index (κ1) is 8.80. The van der Waals surface area contributed by atoms with Crippen molar-refractivity contribution in [2.45, 2.75) is 45.4 Å². The molecule has 0 aromatic heterocycles. The van der Waals surface area contributed by atoms with Gasteiger partial charge in [0.15, 0.2) is 0 Å². The first-order valence-corrected chi connectivity index (χ1v) is 5.29. The van der Waals surface area contributed by atoms with E-state index in [0.717, 1.165) is 5.92 Å². The topological polar surface area (TPSA) is 0 Å². The Balaban J connectivity index is 2.47. The Kier molecular flexibility index (Phi) is 2.15. The van der Waals surface area contributed by atoms with Crippen LogP contribution >= 0.6 is 0 Å². The number of aryl methyl sites for hydroxylation is 1. The standard InChI is InChI=1S/C13H18/c1-9(2)12-6-4-5-10(3)13(12)11-7-8-11/h4-6,9,11H,7-8H2,1-3H3. The van der Waals surface area contributed by atoms with Crippen LogP contribution in [0.15, 0.2) is 18.2 Å². The summed E-state index contributed by atoms with van der Waals surface area (Å²) in [5, 5.41) is 0. The van der Waals surface area contributed by atoms with Gasteiger partial charge in [0, 0.05) is 0 Å². The van der Waals surface area contributed by atoms with Crippen LogP contribution in [0.3, 0.4) is 0 Å². The molecule has 1 aromatic carbocycles. The lowest BCUT2D eigenvalue weighted by Gasteiger charge is -2.14. The van der Waals surface area contributed by atoms with E-state index in [2.05, 4.69) is 39.0 Å². The predicted octanol–water partition coefficient (Wildman–Crippen LogP) is 4.00. The van der Waals surface area contributed by atoms with Gasteiger partial charge in [0.1, 0.15) is 0 Å². The quantitative estimate of drug-likeness (QED) is 0.635. The summed E-state index contributed by atoms with van der Waals surface area (Å²) in [5.41, 5.74) is 4.72. The molecule has 0 N–H and O–H groups in total. The highest BCUT2D eigenvalue weighted by Gasteiger charge is 2.27. The minimum Gasteiger partial charge on any atom is -0.0617 e. The highest BCUT2D eigenvalue weighted by atomic mass is 14.3. The molecule has 1 fully saturated rings. The van der Waals surface area contributed by atoms with Gasteiger partial charge >= 0.3 is 0 Å². The number of benzene rings is 1. The Bertz CT molecular complexity index is 306. The molecule has 0 amide bonds. The molecule has 13 heavy (non-hydrogen) atoms. The van der Waals surface area contributed by atoms with Crippen LogP contribution in [-0.2, 0) is 0 Å². The zero-order valence-electron chi connectivity index (χ0n) is 8.80. The molecule has 1 aliphatic carbocycles. The van der Waals surface area contributed by atoms with Crippen molar-refractivity contribution in [3.63, 3.8) is 0 Å². The van der Waals surface area contributed by atoms with E-state index in [-0.39, 0.29) is 0 Å². The van der Waals surface area contributed by atoms with E-state index in [9.17, 15) is 0 Å². The third-order valence-electron chi connectivity index (χ3n) is 2.97. The number of hydrogen-bond acceptors (Lipinski definition) is 0. The van der Waals surface area contributed by atoms with Crippen molar-refractivity contribution >= 4 is 0 Å². The van der Waals surface area contributed by atoms with Crippen LogP contribution in [0.2, 0.25) is 0 Å². The largest absolute Gasteiger partial charge is 0.0617 e. The molecule has 0 bridgehead atoms. The van der Waals surface area contributed by atoms with Crippen LogP contribution in [0.4, 0.5) is 0 Å². The average molecular weight is 174 g/mol. The molecule has 0 heterocycles. The van der Waals surface area contributed by atoms with Gasteiger partial charge in [-0.25, -0.2) is 0 Å². The van der Waals surface area contributed by atoms with Gasteiger partial charge in [0.05, 0.1) is 0 Å². The van der Waals surface area contributed by atoms with Gasteiger partial charge in [-0.3, -0.25) is 0 Å². The van der Waals surface area contributed by atoms with Crippen LogP contribution in [-0.4, -0.2) is 0 Å². The maximum absolute atomic E-state index is 2.30. The van der Waals surface area contributed by atoms with Crippen LogP contribution < -0.4 is 0 Å². The summed E-state index contributed by atoms with van der Waals surface area (Å²) in [6.45, 7) is 6.83. The Hall–Kier alpha value is -0.780. The van der Waals surface area contributed by atoms with Crippen molar-refractivity contribution in [2.75, 3.05) is 0 Å². The summed E-state index contributed by atoms with van der Waals surface area (Å²) >= 11 is 0. The first-order chi connectivity index (χ1) is 6.20. The number of hydrogen-bond donors (Lipinski definition) is 0. The fourth-order valence-corrected chi connectivity index (χ4v) is 2.14. The molecule has 0 saturated heterocycles. The molecule has 0 radical (unpaired) electrons. The van der Waals surface area contributed by atoms with Crippen molar-refractivity contribution in [1.29, 1.82) is 0 Å². The molecule has 1 saturated carbocycles. The summed E-state index contributed by atoms with van der Waals surface area (Å²) in [5.74, 6) is 1.56. The summed E-state index contributed by atoms with van der Waals surface area (Å²) < 4.78 is 0. The lowest BCUT2D eigenvalue weighted by Crippen LogP contribution is -1.97. The fraction of sp³-hybridized carbons (Fsp3) is 0.538. The molecule has 1 aliphatic rings. The van der Waals surface area contributed by atoms with Crippen molar-refractivity contribution in [3.8, 4) is 0 Å². The minimum absolute atomic E-state index is 0.676. The zero-order valence-corrected chi connectivity index (χ0v) is 8.80. The van der Waals surface area contributed by atoms with Crippen molar-refractivity contribution in [2.24, 2.45) is 0 Å². The molecular weight excluding hydrogens is 156 g/mol. The maximum Gasteiger partial charge on any atom is -0.0156 e. The molecule has 0 unspecified atom stereocenters. The molecular formula is C13H18. The zero-order chi connectivity index (χ0) is 9.42. The third-order valence-corrected chi connectivity index (χ3v) is 2.97. The van der Waals surface area contributed by atoms with Gasteiger partial charge in [-0.2, -0.15) is 0 Å². The Morgan fingerprint density at radius 3 is 2.46 bits per heavy atom. The summed E-state index contributed by atoms with van der Waals surface area (Å²) in [4.78, 5) is 0. The monoisotopic (exact) mass is 174 g/mol. The van der Waals surface area contributed by atoms with Crippen LogP contribution in [0.25, 0.3) is 0 Å².